The fourth-order valence-electron chi connectivity index (χ4n) is 2.42. The van der Waals surface area contributed by atoms with Crippen molar-refractivity contribution in [2.45, 2.75) is 32.5 Å². The summed E-state index contributed by atoms with van der Waals surface area (Å²) >= 11 is 0. The van der Waals surface area contributed by atoms with Gasteiger partial charge in [0.1, 0.15) is 12.4 Å². The molecule has 0 aromatic heterocycles. The molecule has 9 heteroatoms. The molecule has 0 saturated heterocycles. The quantitative estimate of drug-likeness (QED) is 0.677. The number of alkyl halides is 2. The Labute approximate surface area is 149 Å². The number of halogens is 2. The van der Waals surface area contributed by atoms with Gasteiger partial charge >= 0.3 is 0 Å². The Hall–Kier alpha value is -2.97. The highest BCUT2D eigenvalue weighted by Crippen LogP contribution is 2.18. The van der Waals surface area contributed by atoms with Crippen molar-refractivity contribution in [2.75, 3.05) is 6.61 Å². The van der Waals surface area contributed by atoms with Gasteiger partial charge in [0, 0.05) is 25.9 Å². The van der Waals surface area contributed by atoms with E-state index in [1.165, 1.54) is 25.5 Å². The van der Waals surface area contributed by atoms with Gasteiger partial charge in [0.05, 0.1) is 6.21 Å². The van der Waals surface area contributed by atoms with Gasteiger partial charge in [-0.3, -0.25) is 14.6 Å². The number of ether oxygens (including phenoxy) is 1. The molecule has 7 nitrogen and oxygen atoms in total. The molecular formula is C17H20F2N4O3. The second-order valence-corrected chi connectivity index (χ2v) is 5.77. The Balaban J connectivity index is 2.06. The van der Waals surface area contributed by atoms with E-state index in [0.717, 1.165) is 5.56 Å². The van der Waals surface area contributed by atoms with Crippen LogP contribution in [0.25, 0.3) is 0 Å². The Morgan fingerprint density at radius 1 is 1.35 bits per heavy atom. The molecule has 2 amide bonds. The Kier molecular flexibility index (Phi) is 6.26. The van der Waals surface area contributed by atoms with Gasteiger partial charge in [-0.25, -0.2) is 8.78 Å². The first kappa shape index (κ1) is 19.4. The molecule has 1 unspecified atom stereocenters. The SMILES string of the molecule is CC(=O)NC1(C(=O)NCc2cc(C)cc(OCC(F)F)c2)C=NC=CN1. The lowest BCUT2D eigenvalue weighted by Crippen LogP contribution is -2.67. The lowest BCUT2D eigenvalue weighted by molar-refractivity contribution is -0.130. The molecule has 1 aromatic carbocycles. The van der Waals surface area contributed by atoms with Crippen molar-refractivity contribution in [1.29, 1.82) is 0 Å². The molecule has 140 valence electrons. The number of aryl methyl sites for hydroxylation is 1. The summed E-state index contributed by atoms with van der Waals surface area (Å²) in [6.07, 6.45) is 1.61. The topological polar surface area (TPSA) is 91.8 Å². The Morgan fingerprint density at radius 3 is 2.73 bits per heavy atom. The van der Waals surface area contributed by atoms with Crippen LogP contribution in [-0.2, 0) is 16.1 Å². The smallest absolute Gasteiger partial charge is 0.272 e. The zero-order chi connectivity index (χ0) is 19.2. The molecule has 0 fully saturated rings. The van der Waals surface area contributed by atoms with Crippen LogP contribution in [-0.4, -0.2) is 36.7 Å². The van der Waals surface area contributed by atoms with Crippen molar-refractivity contribution in [1.82, 2.24) is 16.0 Å². The van der Waals surface area contributed by atoms with E-state index in [4.69, 9.17) is 4.74 Å². The first-order valence-electron chi connectivity index (χ1n) is 7.86. The molecule has 1 atom stereocenters. The van der Waals surface area contributed by atoms with Gasteiger partial charge in [0.2, 0.25) is 11.6 Å². The first-order chi connectivity index (χ1) is 12.3. The van der Waals surface area contributed by atoms with Crippen LogP contribution >= 0.6 is 0 Å². The van der Waals surface area contributed by atoms with E-state index in [9.17, 15) is 18.4 Å². The van der Waals surface area contributed by atoms with Gasteiger partial charge in [-0.1, -0.05) is 6.07 Å². The minimum absolute atomic E-state index is 0.117. The van der Waals surface area contributed by atoms with Gasteiger partial charge in [-0.2, -0.15) is 0 Å². The van der Waals surface area contributed by atoms with E-state index in [2.05, 4.69) is 20.9 Å². The van der Waals surface area contributed by atoms with E-state index in [0.29, 0.717) is 11.3 Å². The van der Waals surface area contributed by atoms with Crippen LogP contribution in [0.1, 0.15) is 18.1 Å². The maximum Gasteiger partial charge on any atom is 0.272 e. The summed E-state index contributed by atoms with van der Waals surface area (Å²) in [6, 6.07) is 5.00. The molecule has 3 N–H and O–H groups in total. The van der Waals surface area contributed by atoms with E-state index in [1.54, 1.807) is 25.1 Å². The minimum Gasteiger partial charge on any atom is -0.488 e. The molecule has 1 heterocycles. The molecule has 0 radical (unpaired) electrons. The molecular weight excluding hydrogens is 346 g/mol. The van der Waals surface area contributed by atoms with E-state index >= 15 is 0 Å². The number of hydrogen-bond acceptors (Lipinski definition) is 5. The zero-order valence-electron chi connectivity index (χ0n) is 14.4. The Bertz CT molecular complexity index is 737. The number of carbonyl (C=O) groups is 2. The van der Waals surface area contributed by atoms with Crippen LogP contribution in [0.2, 0.25) is 0 Å². The molecule has 0 aliphatic carbocycles. The van der Waals surface area contributed by atoms with E-state index in [1.807, 2.05) is 0 Å². The fourth-order valence-corrected chi connectivity index (χ4v) is 2.42. The van der Waals surface area contributed by atoms with Crippen LogP contribution in [0, 0.1) is 6.92 Å². The molecule has 1 aliphatic rings. The average molecular weight is 366 g/mol. The predicted molar refractivity (Wildman–Crippen MR) is 91.8 cm³/mol. The third kappa shape index (κ3) is 5.27. The van der Waals surface area contributed by atoms with Crippen molar-refractivity contribution < 1.29 is 23.1 Å². The van der Waals surface area contributed by atoms with Crippen LogP contribution in [0.5, 0.6) is 5.75 Å². The minimum atomic E-state index is -2.57. The van der Waals surface area contributed by atoms with Gasteiger partial charge in [-0.05, 0) is 30.2 Å². The number of carbonyl (C=O) groups excluding carboxylic acids is 2. The largest absolute Gasteiger partial charge is 0.488 e. The summed E-state index contributed by atoms with van der Waals surface area (Å²) in [4.78, 5) is 27.9. The lowest BCUT2D eigenvalue weighted by Gasteiger charge is -2.30. The third-order valence-corrected chi connectivity index (χ3v) is 3.41. The summed E-state index contributed by atoms with van der Waals surface area (Å²) in [5, 5.41) is 7.98. The summed E-state index contributed by atoms with van der Waals surface area (Å²) in [5.41, 5.74) is -0.0128. The van der Waals surface area contributed by atoms with Crippen LogP contribution in [0.4, 0.5) is 8.78 Å². The number of aliphatic imine (C=N–C) groups is 1. The van der Waals surface area contributed by atoms with E-state index in [-0.39, 0.29) is 6.54 Å². The number of benzene rings is 1. The summed E-state index contributed by atoms with van der Waals surface area (Å²) in [7, 11) is 0. The van der Waals surface area contributed by atoms with E-state index < -0.39 is 30.5 Å². The van der Waals surface area contributed by atoms with Gasteiger partial charge in [-0.15, -0.1) is 0 Å². The number of hydrogen-bond donors (Lipinski definition) is 3. The van der Waals surface area contributed by atoms with Crippen molar-refractivity contribution in [3.05, 3.63) is 41.7 Å². The fraction of sp³-hybridized carbons (Fsp3) is 0.353. The molecule has 1 aliphatic heterocycles. The van der Waals surface area contributed by atoms with Gasteiger partial charge in [0.25, 0.3) is 12.3 Å². The van der Waals surface area contributed by atoms with Crippen LogP contribution in [0.15, 0.2) is 35.6 Å². The second-order valence-electron chi connectivity index (χ2n) is 5.77. The van der Waals surface area contributed by atoms with Crippen molar-refractivity contribution in [3.8, 4) is 5.75 Å². The summed E-state index contributed by atoms with van der Waals surface area (Å²) in [5.74, 6) is -0.628. The molecule has 26 heavy (non-hydrogen) atoms. The molecule has 0 bridgehead atoms. The maximum atomic E-state index is 12.6. The normalized spacial score (nSPS) is 18.3. The second kappa shape index (κ2) is 8.41. The molecule has 1 aromatic rings. The van der Waals surface area contributed by atoms with Crippen molar-refractivity contribution in [2.24, 2.45) is 4.99 Å². The standard InChI is InChI=1S/C17H20F2N4O3/c1-11-5-13(7-14(6-11)26-9-15(18)19)8-21-16(25)17(23-12(2)24)10-20-3-4-22-17/h3-7,10,15,22H,8-9H2,1-2H3,(H,21,25)(H,23,24). The van der Waals surface area contributed by atoms with Gasteiger partial charge < -0.3 is 20.7 Å². The first-order valence-corrected chi connectivity index (χ1v) is 7.86. The van der Waals surface area contributed by atoms with Crippen LogP contribution < -0.4 is 20.7 Å². The highest BCUT2D eigenvalue weighted by molar-refractivity contribution is 6.06. The average Bonchev–Trinajstić information content (AvgIpc) is 2.57. The highest BCUT2D eigenvalue weighted by atomic mass is 19.3. The summed E-state index contributed by atoms with van der Waals surface area (Å²) in [6.45, 7) is 2.50. The zero-order valence-corrected chi connectivity index (χ0v) is 14.4. The van der Waals surface area contributed by atoms with Crippen LogP contribution in [0.3, 0.4) is 0 Å². The maximum absolute atomic E-state index is 12.6. The lowest BCUT2D eigenvalue weighted by atomic mass is 10.1. The van der Waals surface area contributed by atoms with Gasteiger partial charge in [0.15, 0.2) is 0 Å². The third-order valence-electron chi connectivity index (χ3n) is 3.41. The predicted octanol–water partition coefficient (Wildman–Crippen LogP) is 1.23. The number of nitrogens with one attached hydrogen (secondary N) is 3. The highest BCUT2D eigenvalue weighted by Gasteiger charge is 2.37. The number of rotatable bonds is 7. The summed E-state index contributed by atoms with van der Waals surface area (Å²) < 4.78 is 29.6. The van der Waals surface area contributed by atoms with Crippen molar-refractivity contribution in [3.63, 3.8) is 0 Å². The van der Waals surface area contributed by atoms with Crippen molar-refractivity contribution >= 4 is 18.0 Å². The number of amides is 2. The molecule has 0 spiro atoms. The number of nitrogens with zero attached hydrogens (tertiary/aromatic N) is 1. The molecule has 2 rings (SSSR count). The Morgan fingerprint density at radius 2 is 2.12 bits per heavy atom. The molecule has 0 saturated carbocycles. The monoisotopic (exact) mass is 366 g/mol.